The number of carboxylic acid groups (broad SMARTS) is 1. The van der Waals surface area contributed by atoms with Crippen LogP contribution in [0.1, 0.15) is 142 Å². The van der Waals surface area contributed by atoms with E-state index in [2.05, 4.69) is 86.8 Å². The van der Waals surface area contributed by atoms with Crippen molar-refractivity contribution in [2.24, 2.45) is 0 Å². The van der Waals surface area contributed by atoms with Gasteiger partial charge in [-0.15, -0.1) is 0 Å². The lowest BCUT2D eigenvalue weighted by Crippen LogP contribution is -2.60. The van der Waals surface area contributed by atoms with Gasteiger partial charge in [-0.1, -0.05) is 137 Å². The topological polar surface area (TPSA) is 169 Å². The molecule has 1 heterocycles. The standard InChI is InChI=1S/C47H74O11/c1-3-5-7-9-11-13-15-17-18-19-20-21-22-24-25-27-29-31-33-35-40(48)55-37-39(38-56-47-44(52)42(50)43(51)45(58-47)46(53)54)57-41(49)36-34-32-30-28-26-23-16-14-12-10-8-6-4-2/h5,7,11,13-14,16-18,20-21,24-25,29,31,39,42-45,47,50-52H,3-4,6,8-10,12,15,19,22-23,26-28,30,32-38H2,1-2H3,(H,53,54)/b7-5-,13-11-,16-14-,18-17-,21-20-,25-24-,31-29-. The summed E-state index contributed by atoms with van der Waals surface area (Å²) in [5.41, 5.74) is 0. The minimum Gasteiger partial charge on any atom is -0.479 e. The van der Waals surface area contributed by atoms with Crippen LogP contribution in [0.15, 0.2) is 85.1 Å². The number of carboxylic acids is 1. The number of ether oxygens (including phenoxy) is 4. The molecule has 0 bridgehead atoms. The number of aliphatic hydroxyl groups is 3. The minimum absolute atomic E-state index is 0.104. The van der Waals surface area contributed by atoms with Crippen LogP contribution in [0.25, 0.3) is 0 Å². The highest BCUT2D eigenvalue weighted by Crippen LogP contribution is 2.23. The second kappa shape index (κ2) is 36.5. The molecule has 11 heteroatoms. The Morgan fingerprint density at radius 1 is 0.552 bits per heavy atom. The molecule has 0 aromatic rings. The number of hydrogen-bond donors (Lipinski definition) is 4. The molecule has 1 rings (SSSR count). The number of aliphatic hydroxyl groups excluding tert-OH is 3. The Balaban J connectivity index is 2.45. The van der Waals surface area contributed by atoms with Crippen LogP contribution in [0.5, 0.6) is 0 Å². The molecule has 0 spiro atoms. The number of rotatable bonds is 34. The molecule has 1 aliphatic heterocycles. The van der Waals surface area contributed by atoms with E-state index in [-0.39, 0.29) is 19.4 Å². The monoisotopic (exact) mass is 815 g/mol. The number of carbonyl (C=O) groups is 3. The third-order valence-electron chi connectivity index (χ3n) is 9.24. The SMILES string of the molecule is CC/C=C\C/C=C\C/C=C\C/C=C\C/C=C\C/C=C\CCC(=O)OCC(COC1OC(C(=O)O)C(O)C(O)C1O)OC(=O)CCCCCCC/C=C\CCCCCC. The van der Waals surface area contributed by atoms with Crippen LogP contribution in [0, 0.1) is 0 Å². The second-order valence-corrected chi connectivity index (χ2v) is 14.4. The van der Waals surface area contributed by atoms with Gasteiger partial charge in [0.1, 0.15) is 24.9 Å². The van der Waals surface area contributed by atoms with Crippen molar-refractivity contribution in [1.29, 1.82) is 0 Å². The van der Waals surface area contributed by atoms with E-state index in [9.17, 15) is 34.8 Å². The zero-order valence-electron chi connectivity index (χ0n) is 35.2. The fourth-order valence-electron chi connectivity index (χ4n) is 5.84. The quantitative estimate of drug-likeness (QED) is 0.0278. The Morgan fingerprint density at radius 3 is 1.60 bits per heavy atom. The molecule has 1 saturated heterocycles. The average molecular weight is 815 g/mol. The summed E-state index contributed by atoms with van der Waals surface area (Å²) in [5, 5.41) is 39.8. The first kappa shape index (κ1) is 52.4. The van der Waals surface area contributed by atoms with Gasteiger partial charge in [-0.3, -0.25) is 9.59 Å². The molecule has 0 radical (unpaired) electrons. The number of carbonyl (C=O) groups excluding carboxylic acids is 2. The molecule has 6 atom stereocenters. The fourth-order valence-corrected chi connectivity index (χ4v) is 5.84. The summed E-state index contributed by atoms with van der Waals surface area (Å²) >= 11 is 0. The average Bonchev–Trinajstić information content (AvgIpc) is 3.21. The van der Waals surface area contributed by atoms with Crippen molar-refractivity contribution in [1.82, 2.24) is 0 Å². The molecule has 0 amide bonds. The maximum atomic E-state index is 12.7. The van der Waals surface area contributed by atoms with Crippen molar-refractivity contribution in [2.45, 2.75) is 179 Å². The largest absolute Gasteiger partial charge is 0.479 e. The first-order valence-electron chi connectivity index (χ1n) is 21.6. The van der Waals surface area contributed by atoms with Crippen LogP contribution in [-0.4, -0.2) is 88.4 Å². The van der Waals surface area contributed by atoms with E-state index in [1.165, 1.54) is 25.7 Å². The van der Waals surface area contributed by atoms with E-state index in [1.807, 2.05) is 12.2 Å². The van der Waals surface area contributed by atoms with Crippen molar-refractivity contribution < 1.29 is 53.8 Å². The fraction of sp³-hybridized carbons (Fsp3) is 0.638. The summed E-state index contributed by atoms with van der Waals surface area (Å²) in [7, 11) is 0. The summed E-state index contributed by atoms with van der Waals surface area (Å²) in [6.45, 7) is 3.59. The lowest BCUT2D eigenvalue weighted by Gasteiger charge is -2.38. The Labute approximate surface area is 348 Å². The lowest BCUT2D eigenvalue weighted by atomic mass is 9.99. The van der Waals surface area contributed by atoms with Gasteiger partial charge < -0.3 is 39.4 Å². The normalized spacial score (nSPS) is 20.9. The van der Waals surface area contributed by atoms with Gasteiger partial charge in [-0.2, -0.15) is 0 Å². The summed E-state index contributed by atoms with van der Waals surface area (Å²) < 4.78 is 21.6. The van der Waals surface area contributed by atoms with Crippen LogP contribution in [0.3, 0.4) is 0 Å². The van der Waals surface area contributed by atoms with Gasteiger partial charge in [-0.05, 0) is 77.0 Å². The lowest BCUT2D eigenvalue weighted by molar-refractivity contribution is -0.298. The van der Waals surface area contributed by atoms with Gasteiger partial charge in [0.2, 0.25) is 0 Å². The zero-order chi connectivity index (χ0) is 42.5. The smallest absolute Gasteiger partial charge is 0.335 e. The molecule has 4 N–H and O–H groups in total. The van der Waals surface area contributed by atoms with E-state index in [0.29, 0.717) is 12.8 Å². The Hall–Kier alpha value is -3.61. The van der Waals surface area contributed by atoms with Gasteiger partial charge >= 0.3 is 17.9 Å². The van der Waals surface area contributed by atoms with Gasteiger partial charge in [-0.25, -0.2) is 4.79 Å². The molecule has 0 aromatic heterocycles. The van der Waals surface area contributed by atoms with Crippen LogP contribution in [0.2, 0.25) is 0 Å². The summed E-state index contributed by atoms with van der Waals surface area (Å²) in [6, 6.07) is 0. The maximum absolute atomic E-state index is 12.7. The third-order valence-corrected chi connectivity index (χ3v) is 9.24. The predicted molar refractivity (Wildman–Crippen MR) is 229 cm³/mol. The van der Waals surface area contributed by atoms with Crippen LogP contribution >= 0.6 is 0 Å². The predicted octanol–water partition coefficient (Wildman–Crippen LogP) is 9.09. The third kappa shape index (κ3) is 27.9. The highest BCUT2D eigenvalue weighted by atomic mass is 16.7. The van der Waals surface area contributed by atoms with Crippen molar-refractivity contribution in [3.63, 3.8) is 0 Å². The molecular weight excluding hydrogens is 741 g/mol. The molecule has 11 nitrogen and oxygen atoms in total. The van der Waals surface area contributed by atoms with Crippen molar-refractivity contribution in [3.8, 4) is 0 Å². The molecule has 1 fully saturated rings. The minimum atomic E-state index is -1.88. The van der Waals surface area contributed by atoms with Crippen molar-refractivity contribution in [2.75, 3.05) is 13.2 Å². The van der Waals surface area contributed by atoms with E-state index in [0.717, 1.165) is 77.0 Å². The van der Waals surface area contributed by atoms with Gasteiger partial charge in [0, 0.05) is 12.8 Å². The number of aliphatic carboxylic acids is 1. The van der Waals surface area contributed by atoms with E-state index >= 15 is 0 Å². The molecule has 58 heavy (non-hydrogen) atoms. The number of allylic oxidation sites excluding steroid dienone is 14. The second-order valence-electron chi connectivity index (χ2n) is 14.4. The van der Waals surface area contributed by atoms with Crippen molar-refractivity contribution >= 4 is 17.9 Å². The zero-order valence-corrected chi connectivity index (χ0v) is 35.2. The summed E-state index contributed by atoms with van der Waals surface area (Å²) in [5.74, 6) is -2.58. The molecule has 0 aromatic carbocycles. The first-order valence-corrected chi connectivity index (χ1v) is 21.6. The van der Waals surface area contributed by atoms with Crippen molar-refractivity contribution in [3.05, 3.63) is 85.1 Å². The number of esters is 2. The highest BCUT2D eigenvalue weighted by molar-refractivity contribution is 5.73. The summed E-state index contributed by atoms with van der Waals surface area (Å²) in [6.07, 6.45) is 37.9. The molecule has 0 saturated carbocycles. The first-order chi connectivity index (χ1) is 28.2. The van der Waals surface area contributed by atoms with E-state index in [1.54, 1.807) is 0 Å². The van der Waals surface area contributed by atoms with Crippen LogP contribution in [0.4, 0.5) is 0 Å². The van der Waals surface area contributed by atoms with E-state index < -0.39 is 61.3 Å². The van der Waals surface area contributed by atoms with Gasteiger partial charge in [0.05, 0.1) is 6.61 Å². The van der Waals surface area contributed by atoms with Crippen LogP contribution < -0.4 is 0 Å². The van der Waals surface area contributed by atoms with Crippen LogP contribution in [-0.2, 0) is 33.3 Å². The van der Waals surface area contributed by atoms with Gasteiger partial charge in [0.25, 0.3) is 0 Å². The number of hydrogen-bond acceptors (Lipinski definition) is 10. The highest BCUT2D eigenvalue weighted by Gasteiger charge is 2.47. The summed E-state index contributed by atoms with van der Waals surface area (Å²) in [4.78, 5) is 36.7. The Bertz CT molecular complexity index is 1280. The molecular formula is C47H74O11. The Kier molecular flexibility index (Phi) is 33.0. The molecule has 328 valence electrons. The van der Waals surface area contributed by atoms with Gasteiger partial charge in [0.15, 0.2) is 18.5 Å². The molecule has 1 aliphatic rings. The molecule has 0 aliphatic carbocycles. The maximum Gasteiger partial charge on any atom is 0.335 e. The van der Waals surface area contributed by atoms with E-state index in [4.69, 9.17) is 18.9 Å². The Morgan fingerprint density at radius 2 is 1.05 bits per heavy atom. The number of unbranched alkanes of at least 4 members (excludes halogenated alkanes) is 9. The molecule has 6 unspecified atom stereocenters.